The molecule has 0 rings (SSSR count). The van der Waals surface area contributed by atoms with Crippen molar-refractivity contribution in [2.75, 3.05) is 0 Å². The average molecular weight is 297 g/mol. The smallest absolute Gasteiger partial charge is 0.172 e. The molecular weight excluding hydrogens is 274 g/mol. The second kappa shape index (κ2) is 11.6. The topological polar surface area (TPSA) is 0 Å². The lowest BCUT2D eigenvalue weighted by Gasteiger charge is -2.01. The molecule has 0 heterocycles. The Kier molecular flexibility index (Phi) is 11.6. The Bertz CT molecular complexity index is 186. The first-order chi connectivity index (χ1) is 7.68. The lowest BCUT2D eigenvalue weighted by molar-refractivity contribution is 0.414. The van der Waals surface area contributed by atoms with Crippen molar-refractivity contribution < 1.29 is 8.78 Å². The van der Waals surface area contributed by atoms with Crippen LogP contribution in [0.3, 0.4) is 0 Å². The molecule has 3 heteroatoms. The van der Waals surface area contributed by atoms with Crippen LogP contribution in [0.25, 0.3) is 0 Å². The minimum absolute atomic E-state index is 0.0791. The van der Waals surface area contributed by atoms with Gasteiger partial charge in [0.25, 0.3) is 6.08 Å². The lowest BCUT2D eigenvalue weighted by atomic mass is 10.1. The molecule has 0 aliphatic carbocycles. The van der Waals surface area contributed by atoms with Gasteiger partial charge in [-0.1, -0.05) is 58.3 Å². The molecule has 0 aromatic rings. The summed E-state index contributed by atoms with van der Waals surface area (Å²) >= 11 is 2.88. The fourth-order valence-electron chi connectivity index (χ4n) is 1.69. The minimum Gasteiger partial charge on any atom is -0.172 e. The van der Waals surface area contributed by atoms with Gasteiger partial charge in [0.1, 0.15) is 0 Å². The summed E-state index contributed by atoms with van der Waals surface area (Å²) in [5.41, 5.74) is 0. The van der Waals surface area contributed by atoms with Crippen LogP contribution < -0.4 is 0 Å². The Labute approximate surface area is 107 Å². The van der Waals surface area contributed by atoms with Crippen molar-refractivity contribution in [2.45, 2.75) is 71.1 Å². The summed E-state index contributed by atoms with van der Waals surface area (Å²) in [7, 11) is 0. The molecule has 0 spiro atoms. The minimum atomic E-state index is -1.57. The molecule has 16 heavy (non-hydrogen) atoms. The van der Waals surface area contributed by atoms with Crippen LogP contribution in [0.2, 0.25) is 0 Å². The Hall–Kier alpha value is 0.0800. The van der Waals surface area contributed by atoms with Gasteiger partial charge in [0, 0.05) is 0 Å². The number of hydrogen-bond donors (Lipinski definition) is 0. The largest absolute Gasteiger partial charge is 0.280 e. The van der Waals surface area contributed by atoms with Gasteiger partial charge in [-0.25, -0.2) is 0 Å². The van der Waals surface area contributed by atoms with Crippen LogP contribution >= 0.6 is 15.9 Å². The molecule has 0 atom stereocenters. The average Bonchev–Trinajstić information content (AvgIpc) is 2.26. The van der Waals surface area contributed by atoms with Crippen LogP contribution in [0.4, 0.5) is 8.78 Å². The highest BCUT2D eigenvalue weighted by atomic mass is 79.9. The molecule has 0 radical (unpaired) electrons. The van der Waals surface area contributed by atoms with Crippen LogP contribution in [-0.2, 0) is 0 Å². The molecule has 0 aliphatic heterocycles. The van der Waals surface area contributed by atoms with E-state index in [4.69, 9.17) is 0 Å². The van der Waals surface area contributed by atoms with E-state index in [9.17, 15) is 8.78 Å². The summed E-state index contributed by atoms with van der Waals surface area (Å²) in [6.45, 7) is 2.22. The Morgan fingerprint density at radius 1 is 0.812 bits per heavy atom. The van der Waals surface area contributed by atoms with E-state index >= 15 is 0 Å². The molecular formula is C13H23BrF2. The van der Waals surface area contributed by atoms with Crippen LogP contribution in [0.15, 0.2) is 10.6 Å². The predicted molar refractivity (Wildman–Crippen MR) is 70.0 cm³/mol. The van der Waals surface area contributed by atoms with Crippen molar-refractivity contribution in [1.29, 1.82) is 0 Å². The predicted octanol–water partition coefficient (Wildman–Crippen LogP) is 6.41. The van der Waals surface area contributed by atoms with Crippen LogP contribution in [0.5, 0.6) is 0 Å². The zero-order chi connectivity index (χ0) is 12.2. The third kappa shape index (κ3) is 10.6. The van der Waals surface area contributed by atoms with Gasteiger partial charge in [0.05, 0.1) is 4.48 Å². The van der Waals surface area contributed by atoms with Gasteiger partial charge in [0.2, 0.25) is 0 Å². The van der Waals surface area contributed by atoms with E-state index in [1.807, 2.05) is 0 Å². The number of rotatable bonds is 10. The van der Waals surface area contributed by atoms with Crippen LogP contribution in [0.1, 0.15) is 71.1 Å². The van der Waals surface area contributed by atoms with Crippen molar-refractivity contribution in [2.24, 2.45) is 0 Å². The number of hydrogen-bond acceptors (Lipinski definition) is 0. The maximum atomic E-state index is 12.0. The van der Waals surface area contributed by atoms with Crippen molar-refractivity contribution in [1.82, 2.24) is 0 Å². The third-order valence-electron chi connectivity index (χ3n) is 2.70. The van der Waals surface area contributed by atoms with Gasteiger partial charge in [-0.2, -0.15) is 8.78 Å². The highest BCUT2D eigenvalue weighted by Crippen LogP contribution is 2.21. The first-order valence-corrected chi connectivity index (χ1v) is 7.17. The van der Waals surface area contributed by atoms with E-state index in [0.29, 0.717) is 6.42 Å². The first kappa shape index (κ1) is 16.1. The fourth-order valence-corrected chi connectivity index (χ4v) is 1.97. The number of unbranched alkanes of at least 4 members (excludes halogenated alkanes) is 8. The van der Waals surface area contributed by atoms with Gasteiger partial charge in [0.15, 0.2) is 0 Å². The Morgan fingerprint density at radius 3 is 1.69 bits per heavy atom. The normalized spacial score (nSPS) is 10.5. The molecule has 0 amide bonds. The van der Waals surface area contributed by atoms with E-state index in [1.54, 1.807) is 0 Å². The van der Waals surface area contributed by atoms with Gasteiger partial charge >= 0.3 is 0 Å². The van der Waals surface area contributed by atoms with Gasteiger partial charge in [-0.15, -0.1) is 0 Å². The molecule has 0 unspecified atom stereocenters. The van der Waals surface area contributed by atoms with E-state index < -0.39 is 6.08 Å². The maximum Gasteiger partial charge on any atom is 0.280 e. The zero-order valence-corrected chi connectivity index (χ0v) is 11.8. The second-order valence-electron chi connectivity index (χ2n) is 4.24. The summed E-state index contributed by atoms with van der Waals surface area (Å²) in [5, 5.41) is 0. The molecule has 0 aromatic heterocycles. The molecule has 0 nitrogen and oxygen atoms in total. The first-order valence-electron chi connectivity index (χ1n) is 6.38. The van der Waals surface area contributed by atoms with E-state index in [0.717, 1.165) is 12.8 Å². The molecule has 0 aromatic carbocycles. The molecule has 0 saturated heterocycles. The monoisotopic (exact) mass is 296 g/mol. The standard InChI is InChI=1S/C13H23BrF2/c1-2-3-4-5-6-7-8-9-10-11-12(14)13(15)16/h2-11H2,1H3. The lowest BCUT2D eigenvalue weighted by Crippen LogP contribution is -1.82. The SMILES string of the molecule is CCCCCCCCCCCC(Br)=C(F)F. The second-order valence-corrected chi connectivity index (χ2v) is 5.20. The number of halogens is 3. The molecule has 96 valence electrons. The van der Waals surface area contributed by atoms with E-state index in [2.05, 4.69) is 22.9 Å². The van der Waals surface area contributed by atoms with E-state index in [1.165, 1.54) is 44.9 Å². The zero-order valence-electron chi connectivity index (χ0n) is 10.2. The van der Waals surface area contributed by atoms with Crippen molar-refractivity contribution >= 4 is 15.9 Å². The molecule has 0 fully saturated rings. The fraction of sp³-hybridized carbons (Fsp3) is 0.846. The molecule has 0 aliphatic rings. The summed E-state index contributed by atoms with van der Waals surface area (Å²) in [6, 6.07) is 0. The van der Waals surface area contributed by atoms with Gasteiger partial charge in [-0.3, -0.25) is 0 Å². The third-order valence-corrected chi connectivity index (χ3v) is 3.40. The quantitative estimate of drug-likeness (QED) is 0.409. The van der Waals surface area contributed by atoms with Crippen LogP contribution in [-0.4, -0.2) is 0 Å². The molecule has 0 bridgehead atoms. The molecule has 0 saturated carbocycles. The van der Waals surface area contributed by atoms with E-state index in [-0.39, 0.29) is 4.48 Å². The number of allylic oxidation sites excluding steroid dienone is 1. The summed E-state index contributed by atoms with van der Waals surface area (Å²) in [4.78, 5) is 0. The maximum absolute atomic E-state index is 12.0. The Morgan fingerprint density at radius 2 is 1.25 bits per heavy atom. The van der Waals surface area contributed by atoms with Crippen molar-refractivity contribution in [3.63, 3.8) is 0 Å². The molecule has 0 N–H and O–H groups in total. The van der Waals surface area contributed by atoms with Crippen LogP contribution in [0, 0.1) is 0 Å². The van der Waals surface area contributed by atoms with Gasteiger partial charge in [-0.05, 0) is 28.8 Å². The van der Waals surface area contributed by atoms with Crippen molar-refractivity contribution in [3.8, 4) is 0 Å². The highest BCUT2D eigenvalue weighted by molar-refractivity contribution is 9.11. The van der Waals surface area contributed by atoms with Crippen molar-refractivity contribution in [3.05, 3.63) is 10.6 Å². The summed E-state index contributed by atoms with van der Waals surface area (Å²) in [5.74, 6) is 0. The highest BCUT2D eigenvalue weighted by Gasteiger charge is 2.01. The summed E-state index contributed by atoms with van der Waals surface area (Å²) in [6.07, 6.45) is 9.88. The Balaban J connectivity index is 3.13. The van der Waals surface area contributed by atoms with Gasteiger partial charge < -0.3 is 0 Å². The summed E-state index contributed by atoms with van der Waals surface area (Å²) < 4.78 is 24.1.